The maximum absolute atomic E-state index is 14.0. The number of phenolic OH excluding ortho intramolecular Hbond substituents is 1. The number of amides is 1. The second-order valence-corrected chi connectivity index (χ2v) is 11.9. The molecule has 0 aromatic heterocycles. The van der Waals surface area contributed by atoms with Gasteiger partial charge in [-0.25, -0.2) is 0 Å². The highest BCUT2D eigenvalue weighted by molar-refractivity contribution is 6.24. The van der Waals surface area contributed by atoms with E-state index in [0.717, 1.165) is 12.0 Å². The largest absolute Gasteiger partial charge is 0.511 e. The highest BCUT2D eigenvalue weighted by Gasteiger charge is 2.59. The van der Waals surface area contributed by atoms with Crippen molar-refractivity contribution in [3.05, 3.63) is 86.9 Å². The quantitative estimate of drug-likeness (QED) is 0.342. The molecule has 210 valence electrons. The fraction of sp³-hybridized carbons (Fsp3) is 0.406. The minimum atomic E-state index is -2.56. The first-order chi connectivity index (χ1) is 18.9. The van der Waals surface area contributed by atoms with E-state index in [1.54, 1.807) is 0 Å². The van der Waals surface area contributed by atoms with Gasteiger partial charge >= 0.3 is 0 Å². The minimum absolute atomic E-state index is 0.0475. The molecule has 8 heteroatoms. The summed E-state index contributed by atoms with van der Waals surface area (Å²) in [5.74, 6) is -5.85. The Morgan fingerprint density at radius 1 is 1.05 bits per heavy atom. The summed E-state index contributed by atoms with van der Waals surface area (Å²) in [5.41, 5.74) is 5.33. The van der Waals surface area contributed by atoms with Gasteiger partial charge in [0.1, 0.15) is 22.8 Å². The van der Waals surface area contributed by atoms with E-state index in [1.807, 2.05) is 50.2 Å². The van der Waals surface area contributed by atoms with Crippen molar-refractivity contribution in [1.82, 2.24) is 0 Å². The number of hydrogen-bond acceptors (Lipinski definition) is 7. The summed E-state index contributed by atoms with van der Waals surface area (Å²) in [5, 5.41) is 44.6. The van der Waals surface area contributed by atoms with Crippen LogP contribution in [0.15, 0.2) is 59.1 Å². The third kappa shape index (κ3) is 4.22. The average molecular weight is 546 g/mol. The van der Waals surface area contributed by atoms with Crippen LogP contribution in [-0.4, -0.2) is 43.5 Å². The van der Waals surface area contributed by atoms with Gasteiger partial charge in [0, 0.05) is 17.9 Å². The molecule has 5 rings (SSSR count). The molecule has 8 nitrogen and oxygen atoms in total. The van der Waals surface area contributed by atoms with E-state index < -0.39 is 52.0 Å². The molecule has 2 aromatic rings. The molecule has 40 heavy (non-hydrogen) atoms. The van der Waals surface area contributed by atoms with E-state index in [-0.39, 0.29) is 41.6 Å². The molecule has 1 amide bonds. The molecular weight excluding hydrogens is 510 g/mol. The lowest BCUT2D eigenvalue weighted by Gasteiger charge is -2.46. The zero-order valence-corrected chi connectivity index (χ0v) is 22.9. The lowest BCUT2D eigenvalue weighted by Crippen LogP contribution is -2.57. The van der Waals surface area contributed by atoms with Crippen LogP contribution >= 0.6 is 0 Å². The van der Waals surface area contributed by atoms with Gasteiger partial charge in [0.2, 0.25) is 5.78 Å². The van der Waals surface area contributed by atoms with Crippen LogP contribution in [0.25, 0.3) is 0 Å². The number of Topliss-reactive ketones (excluding diaryl/α,β-unsaturated/α-hetero) is 2. The van der Waals surface area contributed by atoms with Crippen molar-refractivity contribution >= 4 is 17.5 Å². The Bertz CT molecular complexity index is 1490. The molecule has 0 spiro atoms. The van der Waals surface area contributed by atoms with E-state index >= 15 is 0 Å². The number of ketones is 2. The number of aliphatic hydroxyl groups is 3. The molecule has 3 aliphatic carbocycles. The van der Waals surface area contributed by atoms with Crippen molar-refractivity contribution in [2.75, 3.05) is 0 Å². The van der Waals surface area contributed by atoms with Crippen molar-refractivity contribution in [1.29, 1.82) is 0 Å². The van der Waals surface area contributed by atoms with E-state index in [4.69, 9.17) is 5.73 Å². The lowest BCUT2D eigenvalue weighted by atomic mass is 9.59. The number of primary amides is 1. The van der Waals surface area contributed by atoms with Crippen LogP contribution < -0.4 is 5.73 Å². The van der Waals surface area contributed by atoms with Gasteiger partial charge in [-0.2, -0.15) is 0 Å². The number of fused-ring (bicyclic) bond motifs is 3. The maximum atomic E-state index is 14.0. The number of nitrogens with two attached hydrogens (primary N) is 1. The fourth-order valence-corrected chi connectivity index (χ4v) is 6.91. The summed E-state index contributed by atoms with van der Waals surface area (Å²) < 4.78 is 0. The second kappa shape index (κ2) is 9.93. The minimum Gasteiger partial charge on any atom is -0.511 e. The number of benzene rings is 2. The van der Waals surface area contributed by atoms with E-state index in [2.05, 4.69) is 6.92 Å². The first-order valence-corrected chi connectivity index (χ1v) is 13.7. The second-order valence-electron chi connectivity index (χ2n) is 11.9. The summed E-state index contributed by atoms with van der Waals surface area (Å²) in [6.07, 6.45) is 1.50. The molecule has 2 aromatic carbocycles. The van der Waals surface area contributed by atoms with Crippen molar-refractivity contribution in [2.45, 2.75) is 64.4 Å². The van der Waals surface area contributed by atoms with Gasteiger partial charge in [-0.15, -0.1) is 0 Å². The number of hydrogen-bond donors (Lipinski definition) is 5. The van der Waals surface area contributed by atoms with Gasteiger partial charge < -0.3 is 26.2 Å². The standard InChI is InChI=1S/C32H35NO7/c1-15(2)21-13-19(10-16(3)9-17-7-5-4-6-8-17)27(35)25-22(21)12-18-11-20-14-23(34)26(31(33)39)30(38)32(20,40)29(37)24(18)28(25)36/h4-8,13,15-16,18,20,34-35,37,40H,9-12,14H2,1-3H3,(H2,33,39)/t16?,18-,20+,32+/m1/s1. The Morgan fingerprint density at radius 2 is 1.73 bits per heavy atom. The number of aromatic hydroxyl groups is 1. The van der Waals surface area contributed by atoms with Crippen LogP contribution in [0, 0.1) is 17.8 Å². The number of carbonyl (C=O) groups is 3. The van der Waals surface area contributed by atoms with Gasteiger partial charge in [0.05, 0.1) is 5.56 Å². The van der Waals surface area contributed by atoms with Crippen LogP contribution in [-0.2, 0) is 28.9 Å². The zero-order valence-electron chi connectivity index (χ0n) is 22.9. The zero-order chi connectivity index (χ0) is 29.1. The molecule has 3 aliphatic rings. The van der Waals surface area contributed by atoms with Crippen LogP contribution in [0.2, 0.25) is 0 Å². The third-order valence-electron chi connectivity index (χ3n) is 8.79. The topological polar surface area (TPSA) is 158 Å². The molecular formula is C32H35NO7. The smallest absolute Gasteiger partial charge is 0.255 e. The molecule has 0 saturated heterocycles. The van der Waals surface area contributed by atoms with E-state index in [1.165, 1.54) is 5.56 Å². The Hall–Kier alpha value is -3.91. The summed E-state index contributed by atoms with van der Waals surface area (Å²) in [6, 6.07) is 12.0. The third-order valence-corrected chi connectivity index (χ3v) is 8.79. The van der Waals surface area contributed by atoms with Crippen LogP contribution in [0.5, 0.6) is 5.75 Å². The highest BCUT2D eigenvalue weighted by atomic mass is 16.3. The molecule has 4 atom stereocenters. The normalized spacial score (nSPS) is 25.0. The first kappa shape index (κ1) is 27.6. The molecule has 6 N–H and O–H groups in total. The van der Waals surface area contributed by atoms with Gasteiger partial charge in [-0.05, 0) is 65.7 Å². The Balaban J connectivity index is 1.59. The molecule has 0 bridgehead atoms. The predicted octanol–water partition coefficient (Wildman–Crippen LogP) is 4.13. The van der Waals surface area contributed by atoms with E-state index in [9.17, 15) is 34.8 Å². The van der Waals surface area contributed by atoms with Crippen LogP contribution in [0.1, 0.15) is 72.1 Å². The maximum Gasteiger partial charge on any atom is 0.255 e. The fourth-order valence-electron chi connectivity index (χ4n) is 6.91. The van der Waals surface area contributed by atoms with Gasteiger partial charge in [0.15, 0.2) is 11.4 Å². The van der Waals surface area contributed by atoms with Crippen LogP contribution in [0.4, 0.5) is 0 Å². The monoisotopic (exact) mass is 545 g/mol. The molecule has 1 unspecified atom stereocenters. The Morgan fingerprint density at radius 3 is 2.35 bits per heavy atom. The number of allylic oxidation sites excluding steroid dienone is 2. The lowest BCUT2D eigenvalue weighted by molar-refractivity contribution is -0.144. The Labute approximate surface area is 232 Å². The number of aliphatic hydroxyl groups excluding tert-OH is 2. The predicted molar refractivity (Wildman–Crippen MR) is 148 cm³/mol. The van der Waals surface area contributed by atoms with Gasteiger partial charge in [-0.1, -0.05) is 57.2 Å². The van der Waals surface area contributed by atoms with Crippen molar-refractivity contribution in [3.8, 4) is 5.75 Å². The number of carbonyl (C=O) groups excluding carboxylic acids is 3. The van der Waals surface area contributed by atoms with Gasteiger partial charge in [0.25, 0.3) is 5.91 Å². The van der Waals surface area contributed by atoms with Crippen LogP contribution in [0.3, 0.4) is 0 Å². The molecule has 0 saturated carbocycles. The van der Waals surface area contributed by atoms with Crippen molar-refractivity contribution in [3.63, 3.8) is 0 Å². The Kier molecular flexibility index (Phi) is 6.86. The highest BCUT2D eigenvalue weighted by Crippen LogP contribution is 2.52. The SMILES string of the molecule is CC(Cc1ccccc1)Cc1cc(C(C)C)c2c(c1O)C(=O)C1=C(O)[C@]3(O)C(=O)C(C(N)=O)=C(O)C[C@@H]3C[C@@H]1C2. The molecule has 0 heterocycles. The molecule has 0 fully saturated rings. The summed E-state index contributed by atoms with van der Waals surface area (Å²) >= 11 is 0. The van der Waals surface area contributed by atoms with Crippen molar-refractivity contribution in [2.24, 2.45) is 23.5 Å². The number of rotatable bonds is 6. The van der Waals surface area contributed by atoms with Crippen molar-refractivity contribution < 1.29 is 34.8 Å². The molecule has 0 radical (unpaired) electrons. The van der Waals surface area contributed by atoms with E-state index in [0.29, 0.717) is 24.0 Å². The molecule has 0 aliphatic heterocycles. The summed E-state index contributed by atoms with van der Waals surface area (Å²) in [4.78, 5) is 39.1. The first-order valence-electron chi connectivity index (χ1n) is 13.7. The summed E-state index contributed by atoms with van der Waals surface area (Å²) in [7, 11) is 0. The summed E-state index contributed by atoms with van der Waals surface area (Å²) in [6.45, 7) is 6.12. The average Bonchev–Trinajstić information content (AvgIpc) is 2.88. The number of phenols is 1. The van der Waals surface area contributed by atoms with Gasteiger partial charge in [-0.3, -0.25) is 14.4 Å².